The van der Waals surface area contributed by atoms with Crippen LogP contribution in [-0.4, -0.2) is 93.6 Å². The number of allylic oxidation sites excluding steroid dienone is 1. The maximum Gasteiger partial charge on any atom is 0.422 e. The Morgan fingerprint density at radius 3 is 2.61 bits per heavy atom. The lowest BCUT2D eigenvalue weighted by molar-refractivity contribution is -0.153. The summed E-state index contributed by atoms with van der Waals surface area (Å²) in [5.74, 6) is 3.08. The van der Waals surface area contributed by atoms with Crippen molar-refractivity contribution in [2.24, 2.45) is 5.92 Å². The predicted octanol–water partition coefficient (Wildman–Crippen LogP) is 5.10. The van der Waals surface area contributed by atoms with Crippen molar-refractivity contribution in [3.8, 4) is 23.3 Å². The van der Waals surface area contributed by atoms with Gasteiger partial charge in [0.15, 0.2) is 6.61 Å². The average molecular weight is 785 g/mol. The second-order valence-corrected chi connectivity index (χ2v) is 15.7. The molecular formula is C40H47F3N4O9. The molecule has 16 heteroatoms. The minimum Gasteiger partial charge on any atom is -0.484 e. The normalized spacial score (nSPS) is 28.4. The number of hydrogen-bond donors (Lipinski definition) is 3. The van der Waals surface area contributed by atoms with Gasteiger partial charge in [-0.1, -0.05) is 36.8 Å². The highest BCUT2D eigenvalue weighted by atomic mass is 19.4. The molecular weight excluding hydrogens is 737 g/mol. The van der Waals surface area contributed by atoms with Gasteiger partial charge in [0.2, 0.25) is 17.4 Å². The summed E-state index contributed by atoms with van der Waals surface area (Å²) >= 11 is 0. The van der Waals surface area contributed by atoms with Gasteiger partial charge in [-0.3, -0.25) is 9.59 Å². The Morgan fingerprint density at radius 2 is 1.93 bits per heavy atom. The lowest BCUT2D eigenvalue weighted by atomic mass is 9.76. The molecule has 1 aliphatic carbocycles. The predicted molar refractivity (Wildman–Crippen MR) is 195 cm³/mol. The Morgan fingerprint density at radius 1 is 1.16 bits per heavy atom. The number of carbonyl (C=O) groups is 4. The van der Waals surface area contributed by atoms with Crippen LogP contribution in [0.3, 0.4) is 0 Å². The second-order valence-electron chi connectivity index (χ2n) is 15.7. The smallest absolute Gasteiger partial charge is 0.422 e. The number of hydrogen-bond acceptors (Lipinski definition) is 10. The van der Waals surface area contributed by atoms with E-state index in [1.807, 2.05) is 6.08 Å². The first-order valence-corrected chi connectivity index (χ1v) is 18.8. The van der Waals surface area contributed by atoms with Gasteiger partial charge >= 0.3 is 18.2 Å². The van der Waals surface area contributed by atoms with Crippen LogP contribution in [0.25, 0.3) is 10.9 Å². The van der Waals surface area contributed by atoms with Crippen molar-refractivity contribution >= 4 is 34.8 Å². The fraction of sp³-hybridized carbons (Fsp3) is 0.575. The van der Waals surface area contributed by atoms with Crippen LogP contribution in [0, 0.1) is 24.7 Å². The van der Waals surface area contributed by atoms with Crippen LogP contribution in [0.2, 0.25) is 0 Å². The number of benzene rings is 1. The lowest BCUT2D eigenvalue weighted by Crippen LogP contribution is -2.65. The number of carbonyl (C=O) groups excluding carboxylic acids is 4. The number of esters is 1. The number of aliphatic hydroxyl groups excluding tert-OH is 1. The summed E-state index contributed by atoms with van der Waals surface area (Å²) < 4.78 is 61.4. The number of amides is 3. The quantitative estimate of drug-likeness (QED) is 0.211. The third-order valence-corrected chi connectivity index (χ3v) is 10.2. The molecule has 0 bridgehead atoms. The molecule has 56 heavy (non-hydrogen) atoms. The molecule has 0 radical (unpaired) electrons. The molecule has 4 heterocycles. The Bertz CT molecular complexity index is 1990. The number of halogens is 3. The highest BCUT2D eigenvalue weighted by Crippen LogP contribution is 2.49. The third-order valence-electron chi connectivity index (χ3n) is 10.2. The first-order valence-electron chi connectivity index (χ1n) is 18.8. The fourth-order valence-corrected chi connectivity index (χ4v) is 7.72. The molecule has 1 aromatic heterocycles. The number of alkyl halides is 3. The van der Waals surface area contributed by atoms with Crippen molar-refractivity contribution in [1.82, 2.24) is 20.5 Å². The van der Waals surface area contributed by atoms with E-state index in [0.717, 1.165) is 6.42 Å². The molecule has 3 N–H and O–H groups in total. The number of aliphatic hydroxyl groups is 1. The van der Waals surface area contributed by atoms with E-state index in [1.54, 1.807) is 40.7 Å². The van der Waals surface area contributed by atoms with Crippen molar-refractivity contribution in [2.45, 2.75) is 121 Å². The Hall–Kier alpha value is -5.04. The summed E-state index contributed by atoms with van der Waals surface area (Å²) in [6.07, 6.45) is -0.335. The summed E-state index contributed by atoms with van der Waals surface area (Å²) in [5, 5.41) is 17.7. The van der Waals surface area contributed by atoms with Crippen LogP contribution in [-0.2, 0) is 23.9 Å². The summed E-state index contributed by atoms with van der Waals surface area (Å²) in [5.41, 5.74) is -2.92. The molecule has 1 aromatic carbocycles. The number of rotatable bonds is 5. The van der Waals surface area contributed by atoms with Gasteiger partial charge in [-0.05, 0) is 72.1 Å². The third kappa shape index (κ3) is 8.52. The van der Waals surface area contributed by atoms with Crippen LogP contribution in [0.5, 0.6) is 11.5 Å². The lowest BCUT2D eigenvalue weighted by Gasteiger charge is -2.39. The van der Waals surface area contributed by atoms with Gasteiger partial charge in [-0.15, -0.1) is 0 Å². The Labute approximate surface area is 322 Å². The van der Waals surface area contributed by atoms with E-state index in [4.69, 9.17) is 18.9 Å². The molecule has 1 fully saturated rings. The SMILES string of the molecule is CCOC(=O)[C@@]12C#C[C@H]1/C=C\CCCCC[C@H](NC(=O)OC(C)(C)C)C(=O)N1C[C@@]3(CC(O)c4c(c(C)nc5ccc(OCC(F)(F)F)cc45)O3)C[C@H]1C(=O)N2. The zero-order valence-electron chi connectivity index (χ0n) is 32.0. The number of nitrogens with zero attached hydrogens (tertiary/aromatic N) is 2. The van der Waals surface area contributed by atoms with Crippen LogP contribution in [0.1, 0.15) is 90.0 Å². The molecule has 1 saturated heterocycles. The number of pyridine rings is 1. The minimum absolute atomic E-state index is 0.0346. The number of aromatic nitrogens is 1. The Balaban J connectivity index is 1.39. The minimum atomic E-state index is -4.57. The van der Waals surface area contributed by atoms with Crippen LogP contribution >= 0.6 is 0 Å². The second kappa shape index (κ2) is 15.5. The highest BCUT2D eigenvalue weighted by Gasteiger charge is 2.58. The van der Waals surface area contributed by atoms with E-state index in [0.29, 0.717) is 35.9 Å². The maximum absolute atomic E-state index is 14.7. The van der Waals surface area contributed by atoms with Crippen molar-refractivity contribution in [3.63, 3.8) is 0 Å². The first-order chi connectivity index (χ1) is 26.3. The van der Waals surface area contributed by atoms with E-state index in [2.05, 4.69) is 27.5 Å². The first kappa shape index (κ1) is 40.6. The van der Waals surface area contributed by atoms with E-state index < -0.39 is 77.5 Å². The molecule has 6 atom stereocenters. The standard InChI is InChI=1S/C40H47F3N4O9/c1-6-53-35(51)39-17-16-24(39)12-10-8-7-9-11-13-28(45-36(52)56-37(3,4)5)34(50)47-21-38(19-29(47)33(49)46-39)20-30(48)31-26-18-25(54-22-40(41,42)43)14-15-27(26)44-23(2)32(31)55-38/h10,12,14-15,18,24,28-30,48H,6-9,11,13,19-22H2,1-5H3,(H,45,52)(H,46,49)/b12-10-/t24-,28+,29+,30?,38+,39-/m1/s1. The molecule has 6 rings (SSSR count). The number of nitrogens with one attached hydrogen (secondary N) is 2. The fourth-order valence-electron chi connectivity index (χ4n) is 7.72. The van der Waals surface area contributed by atoms with Gasteiger partial charge < -0.3 is 39.6 Å². The van der Waals surface area contributed by atoms with Gasteiger partial charge in [0.1, 0.15) is 34.8 Å². The zero-order chi connectivity index (χ0) is 40.6. The average Bonchev–Trinajstić information content (AvgIpc) is 3.46. The van der Waals surface area contributed by atoms with Crippen LogP contribution in [0.4, 0.5) is 18.0 Å². The van der Waals surface area contributed by atoms with E-state index >= 15 is 0 Å². The van der Waals surface area contributed by atoms with Gasteiger partial charge in [0, 0.05) is 23.8 Å². The van der Waals surface area contributed by atoms with Crippen LogP contribution < -0.4 is 20.1 Å². The van der Waals surface area contributed by atoms with Crippen molar-refractivity contribution < 1.29 is 56.4 Å². The maximum atomic E-state index is 14.7. The van der Waals surface area contributed by atoms with Gasteiger partial charge in [-0.25, -0.2) is 14.6 Å². The van der Waals surface area contributed by atoms with E-state index in [9.17, 15) is 37.5 Å². The molecule has 2 aromatic rings. The van der Waals surface area contributed by atoms with Gasteiger partial charge in [0.05, 0.1) is 36.4 Å². The molecule has 4 aliphatic rings. The van der Waals surface area contributed by atoms with Crippen molar-refractivity contribution in [3.05, 3.63) is 41.6 Å². The monoisotopic (exact) mass is 784 g/mol. The molecule has 3 aliphatic heterocycles. The Kier molecular flexibility index (Phi) is 11.2. The summed E-state index contributed by atoms with van der Waals surface area (Å²) in [7, 11) is 0. The molecule has 302 valence electrons. The number of fused-ring (bicyclic) bond motifs is 5. The summed E-state index contributed by atoms with van der Waals surface area (Å²) in [4.78, 5) is 61.6. The number of alkyl carbamates (subject to hydrolysis) is 1. The summed E-state index contributed by atoms with van der Waals surface area (Å²) in [6.45, 7) is 6.68. The molecule has 13 nitrogen and oxygen atoms in total. The topological polar surface area (TPSA) is 166 Å². The van der Waals surface area contributed by atoms with E-state index in [1.165, 1.54) is 23.1 Å². The zero-order valence-corrected chi connectivity index (χ0v) is 32.0. The largest absolute Gasteiger partial charge is 0.484 e. The molecule has 1 unspecified atom stereocenters. The molecule has 3 amide bonds. The number of ether oxygens (including phenoxy) is 4. The molecule has 0 saturated carbocycles. The van der Waals surface area contributed by atoms with Gasteiger partial charge in [0.25, 0.3) is 0 Å². The van der Waals surface area contributed by atoms with E-state index in [-0.39, 0.29) is 49.5 Å². The van der Waals surface area contributed by atoms with Crippen molar-refractivity contribution in [2.75, 3.05) is 19.8 Å². The van der Waals surface area contributed by atoms with Crippen molar-refractivity contribution in [1.29, 1.82) is 0 Å². The highest BCUT2D eigenvalue weighted by molar-refractivity contribution is 5.98. The number of aryl methyl sites for hydroxylation is 1. The molecule has 1 spiro atoms. The summed E-state index contributed by atoms with van der Waals surface area (Å²) in [6, 6.07) is 1.84. The van der Waals surface area contributed by atoms with Crippen LogP contribution in [0.15, 0.2) is 30.4 Å². The van der Waals surface area contributed by atoms with Gasteiger partial charge in [-0.2, -0.15) is 13.2 Å².